The Morgan fingerprint density at radius 2 is 2.04 bits per heavy atom. The number of hydrogen-bond acceptors (Lipinski definition) is 7. The van der Waals surface area contributed by atoms with Crippen molar-refractivity contribution in [1.29, 1.82) is 0 Å². The Morgan fingerprint density at radius 3 is 2.54 bits per heavy atom. The first-order valence-electron chi connectivity index (χ1n) is 7.95. The monoisotopic (exact) mass is 336 g/mol. The topological polar surface area (TPSA) is 88.8 Å². The second kappa shape index (κ2) is 6.72. The van der Waals surface area contributed by atoms with Gasteiger partial charge >= 0.3 is 5.97 Å². The van der Waals surface area contributed by atoms with E-state index in [2.05, 4.69) is 4.98 Å². The van der Waals surface area contributed by atoms with Crippen molar-refractivity contribution < 1.29 is 14.6 Å². The van der Waals surface area contributed by atoms with Gasteiger partial charge in [-0.2, -0.15) is 0 Å². The maximum atomic E-state index is 12.0. The first kappa shape index (κ1) is 18.1. The first-order chi connectivity index (χ1) is 11.1. The molecular weight excluding hydrogens is 312 g/mol. The summed E-state index contributed by atoms with van der Waals surface area (Å²) in [5.74, 6) is 0.443. The molecule has 0 radical (unpaired) electrons. The Bertz CT molecular complexity index is 641. The fourth-order valence-electron chi connectivity index (χ4n) is 2.44. The molecule has 2 heterocycles. The highest BCUT2D eigenvalue weighted by molar-refractivity contribution is 5.75. The molecule has 0 bridgehead atoms. The Kier molecular flexibility index (Phi) is 5.08. The van der Waals surface area contributed by atoms with Crippen LogP contribution in [0.4, 0.5) is 11.5 Å². The third-order valence-corrected chi connectivity index (χ3v) is 3.94. The van der Waals surface area contributed by atoms with Crippen LogP contribution in [0.5, 0.6) is 0 Å². The molecule has 0 aliphatic carbocycles. The van der Waals surface area contributed by atoms with Gasteiger partial charge in [0.05, 0.1) is 22.9 Å². The van der Waals surface area contributed by atoms with E-state index >= 15 is 0 Å². The summed E-state index contributed by atoms with van der Waals surface area (Å²) >= 11 is 0. The van der Waals surface area contributed by atoms with Crippen molar-refractivity contribution in [1.82, 2.24) is 10.0 Å². The average molecular weight is 336 g/mol. The Labute approximate surface area is 141 Å². The molecule has 8 heteroatoms. The van der Waals surface area contributed by atoms with Gasteiger partial charge in [-0.25, -0.2) is 9.78 Å². The van der Waals surface area contributed by atoms with Crippen LogP contribution in [0.25, 0.3) is 0 Å². The SMILES string of the molecule is Cc1nc(N2CCN(OC(=O)C(C)(C)C)[C@H](C)C2)ccc1[N+](=O)[O-]. The summed E-state index contributed by atoms with van der Waals surface area (Å²) in [4.78, 5) is 34.3. The number of rotatable bonds is 3. The number of nitro groups is 1. The molecule has 1 aliphatic heterocycles. The lowest BCUT2D eigenvalue weighted by molar-refractivity contribution is -0.385. The van der Waals surface area contributed by atoms with Crippen LogP contribution in [0.3, 0.4) is 0 Å². The number of hydroxylamine groups is 2. The van der Waals surface area contributed by atoms with Crippen molar-refractivity contribution in [3.63, 3.8) is 0 Å². The number of piperazine rings is 1. The molecule has 0 saturated carbocycles. The predicted octanol–water partition coefficient (Wildman–Crippen LogP) is 2.31. The fourth-order valence-corrected chi connectivity index (χ4v) is 2.44. The maximum absolute atomic E-state index is 12.0. The zero-order valence-corrected chi connectivity index (χ0v) is 14.8. The van der Waals surface area contributed by atoms with E-state index in [1.165, 1.54) is 6.07 Å². The molecule has 0 unspecified atom stereocenters. The van der Waals surface area contributed by atoms with Crippen molar-refractivity contribution in [2.24, 2.45) is 5.41 Å². The van der Waals surface area contributed by atoms with Crippen LogP contribution >= 0.6 is 0 Å². The van der Waals surface area contributed by atoms with Gasteiger partial charge in [0.15, 0.2) is 0 Å². The van der Waals surface area contributed by atoms with Crippen LogP contribution < -0.4 is 4.90 Å². The molecule has 0 spiro atoms. The van der Waals surface area contributed by atoms with Gasteiger partial charge in [-0.05, 0) is 40.7 Å². The molecule has 1 aliphatic rings. The molecule has 1 aromatic rings. The summed E-state index contributed by atoms with van der Waals surface area (Å²) in [6.45, 7) is 10.9. The number of carbonyl (C=O) groups is 1. The summed E-state index contributed by atoms with van der Waals surface area (Å²) in [7, 11) is 0. The highest BCUT2D eigenvalue weighted by Crippen LogP contribution is 2.24. The minimum absolute atomic E-state index is 0.00217. The lowest BCUT2D eigenvalue weighted by Crippen LogP contribution is -2.53. The number of nitrogens with zero attached hydrogens (tertiary/aromatic N) is 4. The third kappa shape index (κ3) is 4.00. The van der Waals surface area contributed by atoms with Gasteiger partial charge in [0, 0.05) is 19.2 Å². The van der Waals surface area contributed by atoms with Gasteiger partial charge in [0.2, 0.25) is 0 Å². The van der Waals surface area contributed by atoms with Crippen molar-refractivity contribution in [2.45, 2.75) is 40.7 Å². The summed E-state index contributed by atoms with van der Waals surface area (Å²) in [6.07, 6.45) is 0. The summed E-state index contributed by atoms with van der Waals surface area (Å²) < 4.78 is 0. The van der Waals surface area contributed by atoms with Crippen LogP contribution in [0.1, 0.15) is 33.4 Å². The van der Waals surface area contributed by atoms with Crippen molar-refractivity contribution in [3.8, 4) is 0 Å². The van der Waals surface area contributed by atoms with E-state index in [0.29, 0.717) is 31.1 Å². The largest absolute Gasteiger partial charge is 0.367 e. The van der Waals surface area contributed by atoms with E-state index in [9.17, 15) is 14.9 Å². The standard InChI is InChI=1S/C16H24N4O4/c1-11-10-18(8-9-19(11)24-15(21)16(3,4)5)14-7-6-13(20(22)23)12(2)17-14/h6-7,11H,8-10H2,1-5H3/t11-/m1/s1. The molecule has 24 heavy (non-hydrogen) atoms. The highest BCUT2D eigenvalue weighted by Gasteiger charge is 2.31. The molecule has 1 fully saturated rings. The van der Waals surface area contributed by atoms with Crippen molar-refractivity contribution in [3.05, 3.63) is 27.9 Å². The molecule has 0 amide bonds. The number of anilines is 1. The molecule has 1 saturated heterocycles. The molecule has 2 rings (SSSR count). The van der Waals surface area contributed by atoms with Crippen LogP contribution in [0, 0.1) is 22.5 Å². The lowest BCUT2D eigenvalue weighted by atomic mass is 9.98. The molecule has 0 N–H and O–H groups in total. The number of pyridine rings is 1. The quantitative estimate of drug-likeness (QED) is 0.618. The Hall–Kier alpha value is -2.22. The van der Waals surface area contributed by atoms with Gasteiger partial charge in [-0.3, -0.25) is 10.1 Å². The van der Waals surface area contributed by atoms with E-state index in [4.69, 9.17) is 4.84 Å². The zero-order chi connectivity index (χ0) is 18.1. The maximum Gasteiger partial charge on any atom is 0.330 e. The lowest BCUT2D eigenvalue weighted by Gasteiger charge is -2.39. The van der Waals surface area contributed by atoms with Gasteiger partial charge < -0.3 is 9.74 Å². The van der Waals surface area contributed by atoms with E-state index in [1.54, 1.807) is 18.1 Å². The minimum atomic E-state index is -0.548. The van der Waals surface area contributed by atoms with Crippen LogP contribution in [0.15, 0.2) is 12.1 Å². The van der Waals surface area contributed by atoms with Crippen LogP contribution in [-0.2, 0) is 9.63 Å². The molecule has 1 aromatic heterocycles. The van der Waals surface area contributed by atoms with Gasteiger partial charge in [-0.15, -0.1) is 5.06 Å². The Morgan fingerprint density at radius 1 is 1.38 bits per heavy atom. The molecular formula is C16H24N4O4. The molecule has 1 atom stereocenters. The Balaban J connectivity index is 2.04. The third-order valence-electron chi connectivity index (χ3n) is 3.94. The van der Waals surface area contributed by atoms with E-state index in [1.807, 2.05) is 32.6 Å². The summed E-state index contributed by atoms with van der Waals surface area (Å²) in [6, 6.07) is 3.14. The predicted molar refractivity (Wildman–Crippen MR) is 89.6 cm³/mol. The van der Waals surface area contributed by atoms with Crippen molar-refractivity contribution in [2.75, 3.05) is 24.5 Å². The zero-order valence-electron chi connectivity index (χ0n) is 14.8. The van der Waals surface area contributed by atoms with Crippen LogP contribution in [0.2, 0.25) is 0 Å². The second-order valence-corrected chi connectivity index (χ2v) is 7.10. The van der Waals surface area contributed by atoms with Crippen molar-refractivity contribution >= 4 is 17.5 Å². The minimum Gasteiger partial charge on any atom is -0.367 e. The number of hydrogen-bond donors (Lipinski definition) is 0. The van der Waals surface area contributed by atoms with E-state index in [0.717, 1.165) is 0 Å². The number of aromatic nitrogens is 1. The van der Waals surface area contributed by atoms with Gasteiger partial charge in [0.25, 0.3) is 5.69 Å². The van der Waals surface area contributed by atoms with E-state index < -0.39 is 10.3 Å². The molecule has 8 nitrogen and oxygen atoms in total. The van der Waals surface area contributed by atoms with Gasteiger partial charge in [0.1, 0.15) is 11.5 Å². The summed E-state index contributed by atoms with van der Waals surface area (Å²) in [5, 5.41) is 12.6. The normalized spacial score (nSPS) is 19.2. The first-order valence-corrected chi connectivity index (χ1v) is 7.95. The number of carbonyl (C=O) groups excluding carboxylic acids is 1. The highest BCUT2D eigenvalue weighted by atomic mass is 16.7. The molecule has 0 aromatic carbocycles. The second-order valence-electron chi connectivity index (χ2n) is 7.10. The fraction of sp³-hybridized carbons (Fsp3) is 0.625. The number of aryl methyl sites for hydroxylation is 1. The average Bonchev–Trinajstić information content (AvgIpc) is 2.47. The van der Waals surface area contributed by atoms with E-state index in [-0.39, 0.29) is 17.7 Å². The van der Waals surface area contributed by atoms with Gasteiger partial charge in [-0.1, -0.05) is 0 Å². The smallest absolute Gasteiger partial charge is 0.330 e. The molecule has 132 valence electrons. The summed E-state index contributed by atoms with van der Waals surface area (Å²) in [5.41, 5.74) is -0.135. The van der Waals surface area contributed by atoms with Crippen LogP contribution in [-0.4, -0.2) is 46.6 Å².